The molecule has 134 heavy (non-hydrogen) atoms. The molecular formula is C112H140Br2O20. The summed E-state index contributed by atoms with van der Waals surface area (Å²) in [6.45, 7) is 38.3. The molecule has 0 aromatic heterocycles. The Morgan fingerprint density at radius 3 is 0.358 bits per heavy atom. The monoisotopic (exact) mass is 1960 g/mol. The van der Waals surface area contributed by atoms with Gasteiger partial charge in [-0.2, -0.15) is 0 Å². The third-order valence-electron chi connectivity index (χ3n) is 23.1. The molecule has 0 saturated heterocycles. The summed E-state index contributed by atoms with van der Waals surface area (Å²) in [6, 6.07) is 32.1. The van der Waals surface area contributed by atoms with Crippen molar-refractivity contribution in [3.05, 3.63) is 233 Å². The average molecular weight is 1970 g/mol. The highest BCUT2D eigenvalue weighted by molar-refractivity contribution is 9.09. The van der Waals surface area contributed by atoms with Crippen molar-refractivity contribution in [3.63, 3.8) is 0 Å². The van der Waals surface area contributed by atoms with Crippen molar-refractivity contribution in [3.8, 4) is 92.0 Å². The smallest absolute Gasteiger partial charge is 0.182 e. The van der Waals surface area contributed by atoms with Crippen molar-refractivity contribution in [2.75, 3.05) is 116 Å². The number of ether oxygens (including phenoxy) is 16. The van der Waals surface area contributed by atoms with Gasteiger partial charge in [-0.25, -0.2) is 0 Å². The van der Waals surface area contributed by atoms with Crippen LogP contribution in [0.3, 0.4) is 0 Å². The summed E-state index contributed by atoms with van der Waals surface area (Å²) in [5.74, 6) is 10.0. The summed E-state index contributed by atoms with van der Waals surface area (Å²) in [7, 11) is 0. The quantitative estimate of drug-likeness (QED) is 0.0198. The summed E-state index contributed by atoms with van der Waals surface area (Å²) < 4.78 is 101. The predicted molar refractivity (Wildman–Crippen MR) is 539 cm³/mol. The van der Waals surface area contributed by atoms with E-state index in [-0.39, 0.29) is 48.8 Å². The molecule has 0 saturated carbocycles. The van der Waals surface area contributed by atoms with E-state index in [0.717, 1.165) is 135 Å². The number of hydrogen-bond acceptors (Lipinski definition) is 20. The molecule has 8 aromatic rings. The number of ketones is 4. The summed E-state index contributed by atoms with van der Waals surface area (Å²) in [6.07, 6.45) is 20.7. The predicted octanol–water partition coefficient (Wildman–Crippen LogP) is 24.4. The zero-order chi connectivity index (χ0) is 96.0. The molecule has 30 rings (SSSR count). The first-order chi connectivity index (χ1) is 65.2. The number of alkyl halides is 2. The van der Waals surface area contributed by atoms with Crippen LogP contribution >= 0.6 is 31.9 Å². The Morgan fingerprint density at radius 2 is 0.261 bits per heavy atom. The van der Waals surface area contributed by atoms with Gasteiger partial charge in [0.15, 0.2) is 23.1 Å². The standard InChI is InChI=1S/2C51H60O10.C10H20Br2/c2*1-9-54-44-26-36-19-38-28-50(60-15-7)40(30-48(38)58-13-5)21-41-31-49(59-14-6)39(29-51(41)61-16-8)20-37-27-45(55-10-2)35(25-47(37)57-12-4)18-33-23-42(52)32(22-43(33)53)17-34(44)24-46(36)56-11-3;11-9-7-5-3-1-2-4-6-8-10-12/h2*22-31H,9-21H2,1-8H3;1-10H2. The minimum atomic E-state index is -0.230. The Morgan fingerprint density at radius 1 is 0.164 bits per heavy atom. The number of carbonyl (C=O) groups is 4. The zero-order valence-electron chi connectivity index (χ0n) is 81.9. The van der Waals surface area contributed by atoms with Crippen molar-refractivity contribution in [1.82, 2.24) is 0 Å². The maximum Gasteiger partial charge on any atom is 0.182 e. The summed E-state index contributed by atoms with van der Waals surface area (Å²) in [5, 5.41) is 2.35. The van der Waals surface area contributed by atoms with Crippen LogP contribution in [-0.4, -0.2) is 140 Å². The fraction of sp³-hybridized carbons (Fsp3) is 0.464. The van der Waals surface area contributed by atoms with Crippen molar-refractivity contribution >= 4 is 55.0 Å². The first-order valence-electron chi connectivity index (χ1n) is 48.7. The van der Waals surface area contributed by atoms with Crippen molar-refractivity contribution in [2.45, 2.75) is 226 Å². The van der Waals surface area contributed by atoms with E-state index < -0.39 is 0 Å². The van der Waals surface area contributed by atoms with Crippen LogP contribution in [0.2, 0.25) is 0 Å². The number of rotatable bonds is 41. The molecule has 20 bridgehead atoms. The van der Waals surface area contributed by atoms with Crippen LogP contribution in [0.1, 0.15) is 251 Å². The maximum atomic E-state index is 13.9. The van der Waals surface area contributed by atoms with E-state index in [2.05, 4.69) is 80.4 Å². The molecule has 0 aliphatic heterocycles. The van der Waals surface area contributed by atoms with Crippen LogP contribution in [0, 0.1) is 0 Å². The fourth-order valence-corrected chi connectivity index (χ4v) is 17.9. The Kier molecular flexibility index (Phi) is 42.9. The third-order valence-corrected chi connectivity index (χ3v) is 24.2. The number of halogens is 2. The SMILES string of the molecule is BrCCCCCCCCCCBr.CCOc1cc2c(OCC)cc1CC1=CC(=O)C(=CC1=O)Cc1cc(OCC)c(cc1OCC)Cc1cc(OCC)c(cc1OCC)Cc1cc(OCC)c(cc1OCC)C2.CCOc1cc2c(OCC)cc1CC1=CC(=O)C(=CC1=O)Cc1cc(OCC)c(cc1OCC)Cc1cc(OCC)c(cc1OCC)Cc1cc(OCC)c(cc1OCC)C2. The van der Waals surface area contributed by atoms with Crippen molar-refractivity contribution in [2.24, 2.45) is 0 Å². The van der Waals surface area contributed by atoms with Gasteiger partial charge < -0.3 is 75.8 Å². The van der Waals surface area contributed by atoms with Gasteiger partial charge in [-0.15, -0.1) is 0 Å². The van der Waals surface area contributed by atoms with Gasteiger partial charge in [0.2, 0.25) is 0 Å². The van der Waals surface area contributed by atoms with E-state index in [1.54, 1.807) is 0 Å². The molecule has 0 N–H and O–H groups in total. The van der Waals surface area contributed by atoms with Crippen LogP contribution in [0.5, 0.6) is 92.0 Å². The van der Waals surface area contributed by atoms with E-state index in [9.17, 15) is 19.2 Å². The topological polar surface area (TPSA) is 216 Å². The largest absolute Gasteiger partial charge is 0.494 e. The van der Waals surface area contributed by atoms with Crippen LogP contribution in [0.15, 0.2) is 144 Å². The number of hydrogen-bond donors (Lipinski definition) is 0. The van der Waals surface area contributed by atoms with Crippen LogP contribution in [0.4, 0.5) is 0 Å². The second-order valence-electron chi connectivity index (χ2n) is 32.6. The number of allylic oxidation sites excluding steroid dienone is 8. The average Bonchev–Trinajstić information content (AvgIpc) is 1.15. The van der Waals surface area contributed by atoms with E-state index in [0.29, 0.717) is 213 Å². The minimum Gasteiger partial charge on any atom is -0.494 e. The summed E-state index contributed by atoms with van der Waals surface area (Å²) >= 11 is 6.90. The highest BCUT2D eigenvalue weighted by Crippen LogP contribution is 2.46. The Balaban J connectivity index is 0.000000247. The van der Waals surface area contributed by atoms with Gasteiger partial charge in [0.25, 0.3) is 0 Å². The number of unbranched alkanes of at least 4 members (excludes halogenated alkanes) is 7. The maximum absolute atomic E-state index is 13.9. The molecule has 0 radical (unpaired) electrons. The van der Waals surface area contributed by atoms with Crippen LogP contribution in [-0.2, 0) is 83.4 Å². The van der Waals surface area contributed by atoms with E-state index in [1.807, 2.05) is 159 Å². The van der Waals surface area contributed by atoms with Gasteiger partial charge >= 0.3 is 0 Å². The second kappa shape index (κ2) is 54.6. The lowest BCUT2D eigenvalue weighted by atomic mass is 9.88. The molecule has 0 heterocycles. The highest BCUT2D eigenvalue weighted by Gasteiger charge is 2.31. The molecule has 0 fully saturated rings. The van der Waals surface area contributed by atoms with Crippen molar-refractivity contribution in [1.29, 1.82) is 0 Å². The molecular weight excluding hydrogens is 1830 g/mol. The molecule has 22 heteroatoms. The Hall–Kier alpha value is -10.8. The molecule has 0 unspecified atom stereocenters. The van der Waals surface area contributed by atoms with Crippen molar-refractivity contribution < 1.29 is 95.0 Å². The van der Waals surface area contributed by atoms with Gasteiger partial charge in [-0.3, -0.25) is 19.2 Å². The molecule has 0 amide bonds. The lowest BCUT2D eigenvalue weighted by molar-refractivity contribution is -0.115. The summed E-state index contributed by atoms with van der Waals surface area (Å²) in [5.41, 5.74) is 15.5. The molecule has 22 aliphatic rings. The first-order valence-corrected chi connectivity index (χ1v) is 50.9. The normalized spacial score (nSPS) is 13.4. The highest BCUT2D eigenvalue weighted by atomic mass is 79.9. The third kappa shape index (κ3) is 28.9. The van der Waals surface area contributed by atoms with E-state index in [1.165, 1.54) is 86.3 Å². The molecule has 22 aliphatic carbocycles. The molecule has 20 nitrogen and oxygen atoms in total. The van der Waals surface area contributed by atoms with Gasteiger partial charge in [-0.05, 0) is 245 Å². The zero-order valence-corrected chi connectivity index (χ0v) is 85.1. The van der Waals surface area contributed by atoms with Gasteiger partial charge in [0.05, 0.1) is 106 Å². The Labute approximate surface area is 812 Å². The molecule has 722 valence electrons. The van der Waals surface area contributed by atoms with E-state index in [4.69, 9.17) is 75.8 Å². The molecule has 0 atom stereocenters. The Bertz CT molecular complexity index is 4770. The summed E-state index contributed by atoms with van der Waals surface area (Å²) in [4.78, 5) is 55.5. The molecule has 8 aromatic carbocycles. The second-order valence-corrected chi connectivity index (χ2v) is 34.2. The lowest BCUT2D eigenvalue weighted by Crippen LogP contribution is -2.17. The molecule has 0 spiro atoms. The van der Waals surface area contributed by atoms with Gasteiger partial charge in [-0.1, -0.05) is 70.4 Å². The van der Waals surface area contributed by atoms with Crippen LogP contribution in [0.25, 0.3) is 0 Å². The van der Waals surface area contributed by atoms with Crippen LogP contribution < -0.4 is 75.8 Å². The number of carbonyl (C=O) groups excluding carboxylic acids is 4. The van der Waals surface area contributed by atoms with Gasteiger partial charge in [0, 0.05) is 186 Å². The number of benzene rings is 8. The van der Waals surface area contributed by atoms with E-state index >= 15 is 0 Å². The van der Waals surface area contributed by atoms with Gasteiger partial charge in [0.1, 0.15) is 92.0 Å². The fourth-order valence-electron chi connectivity index (χ4n) is 17.1. The lowest BCUT2D eigenvalue weighted by Gasteiger charge is -2.21. The minimum absolute atomic E-state index is 0.192. The first kappa shape index (κ1) is 105.